The lowest BCUT2D eigenvalue weighted by molar-refractivity contribution is -0.141. The highest BCUT2D eigenvalue weighted by atomic mass is 16.2. The second kappa shape index (κ2) is 10.3. The molecule has 3 aliphatic rings. The molecule has 10 heteroatoms. The average Bonchev–Trinajstić information content (AvgIpc) is 3.51. The van der Waals surface area contributed by atoms with E-state index >= 15 is 0 Å². The minimum absolute atomic E-state index is 0.179. The Labute approximate surface area is 213 Å². The van der Waals surface area contributed by atoms with Crippen LogP contribution in [0.25, 0.3) is 0 Å². The summed E-state index contributed by atoms with van der Waals surface area (Å²) in [5, 5.41) is 8.83. The van der Waals surface area contributed by atoms with Gasteiger partial charge in [0.2, 0.25) is 17.7 Å². The van der Waals surface area contributed by atoms with Crippen LogP contribution in [0.1, 0.15) is 41.6 Å². The average molecular weight is 502 g/mol. The molecule has 5 rings (SSSR count). The number of benzene rings is 2. The third-order valence-corrected chi connectivity index (χ3v) is 7.30. The number of carbonyl (C=O) groups excluding carboxylic acids is 5. The van der Waals surface area contributed by atoms with E-state index in [1.807, 2.05) is 30.3 Å². The molecule has 1 heterocycles. The third kappa shape index (κ3) is 5.28. The van der Waals surface area contributed by atoms with Crippen LogP contribution < -0.4 is 16.1 Å². The molecule has 2 aromatic carbocycles. The Morgan fingerprint density at radius 3 is 2.43 bits per heavy atom. The maximum Gasteiger partial charge on any atom is 0.331 e. The van der Waals surface area contributed by atoms with E-state index in [-0.39, 0.29) is 29.9 Å². The molecule has 37 heavy (non-hydrogen) atoms. The van der Waals surface area contributed by atoms with Crippen LogP contribution in [0.15, 0.2) is 59.7 Å². The standard InChI is InChI=1S/C27H27N5O5/c33-23(14-16-4-2-1-3-5-16)29-20-10-8-18(9-11-20)24(34)31-28-15-21-25(35)30-27(37)32(26(21)36)22-13-17-6-7-19(22)12-17/h1-5,8-11,15,17,19,21-22H,6-7,12-14H2,(H,29,33)(H,31,34)(H,30,35,37)/b28-15-/t17-,19-,21+,22-/m0/s1. The molecule has 3 fully saturated rings. The van der Waals surface area contributed by atoms with Gasteiger partial charge < -0.3 is 5.32 Å². The molecule has 4 atom stereocenters. The number of hydrogen-bond donors (Lipinski definition) is 3. The fraction of sp³-hybridized carbons (Fsp3) is 0.333. The maximum atomic E-state index is 13.0. The second-order valence-electron chi connectivity index (χ2n) is 9.73. The molecule has 3 N–H and O–H groups in total. The highest BCUT2D eigenvalue weighted by molar-refractivity contribution is 6.23. The van der Waals surface area contributed by atoms with E-state index in [0.29, 0.717) is 11.6 Å². The van der Waals surface area contributed by atoms with E-state index < -0.39 is 29.7 Å². The number of barbiturate groups is 1. The molecule has 0 spiro atoms. The van der Waals surface area contributed by atoms with Crippen molar-refractivity contribution >= 4 is 41.6 Å². The summed E-state index contributed by atoms with van der Waals surface area (Å²) in [6, 6.07) is 14.7. The number of carbonyl (C=O) groups is 5. The molecular formula is C27H27N5O5. The van der Waals surface area contributed by atoms with Crippen molar-refractivity contribution in [3.8, 4) is 0 Å². The first-order chi connectivity index (χ1) is 17.9. The monoisotopic (exact) mass is 501 g/mol. The first kappa shape index (κ1) is 24.4. The van der Waals surface area contributed by atoms with Crippen molar-refractivity contribution in [2.75, 3.05) is 5.32 Å². The minimum Gasteiger partial charge on any atom is -0.326 e. The van der Waals surface area contributed by atoms with Crippen LogP contribution in [0.4, 0.5) is 10.5 Å². The fourth-order valence-corrected chi connectivity index (χ4v) is 5.50. The number of fused-ring (bicyclic) bond motifs is 2. The molecule has 2 bridgehead atoms. The quantitative estimate of drug-likeness (QED) is 0.304. The summed E-state index contributed by atoms with van der Waals surface area (Å²) in [4.78, 5) is 63.6. The van der Waals surface area contributed by atoms with Crippen LogP contribution >= 0.6 is 0 Å². The van der Waals surface area contributed by atoms with Gasteiger partial charge in [0.05, 0.1) is 6.42 Å². The molecular weight excluding hydrogens is 474 g/mol. The Hall–Kier alpha value is -4.34. The SMILES string of the molecule is O=C(Cc1ccccc1)Nc1ccc(C(=O)N/N=C\[C@@H]2C(=O)NC(=O)N([C@H]3C[C@H]4CC[C@H]3C4)C2=O)cc1. The van der Waals surface area contributed by atoms with Crippen molar-refractivity contribution in [3.05, 3.63) is 65.7 Å². The summed E-state index contributed by atoms with van der Waals surface area (Å²) in [6.07, 6.45) is 5.14. The topological polar surface area (TPSA) is 137 Å². The van der Waals surface area contributed by atoms with Crippen molar-refractivity contribution in [1.82, 2.24) is 15.6 Å². The van der Waals surface area contributed by atoms with Crippen molar-refractivity contribution < 1.29 is 24.0 Å². The summed E-state index contributed by atoms with van der Waals surface area (Å²) in [5.74, 6) is -2.61. The predicted octanol–water partition coefficient (Wildman–Crippen LogP) is 2.47. The molecule has 6 amide bonds. The number of nitrogens with zero attached hydrogens (tertiary/aromatic N) is 2. The van der Waals surface area contributed by atoms with Crippen molar-refractivity contribution in [1.29, 1.82) is 0 Å². The van der Waals surface area contributed by atoms with Crippen molar-refractivity contribution in [2.24, 2.45) is 22.9 Å². The van der Waals surface area contributed by atoms with Gasteiger partial charge in [-0.05, 0) is 60.9 Å². The van der Waals surface area contributed by atoms with E-state index in [2.05, 4.69) is 21.2 Å². The number of anilines is 1. The van der Waals surface area contributed by atoms with Crippen LogP contribution in [-0.2, 0) is 20.8 Å². The Kier molecular flexibility index (Phi) is 6.80. The van der Waals surface area contributed by atoms with Gasteiger partial charge in [0.1, 0.15) is 0 Å². The Bertz CT molecular complexity index is 1260. The number of imide groups is 2. The molecule has 0 radical (unpaired) electrons. The summed E-state index contributed by atoms with van der Waals surface area (Å²) < 4.78 is 0. The van der Waals surface area contributed by atoms with E-state index in [1.165, 1.54) is 17.0 Å². The normalized spacial score (nSPS) is 24.9. The summed E-state index contributed by atoms with van der Waals surface area (Å²) in [5.41, 5.74) is 4.01. The van der Waals surface area contributed by atoms with Gasteiger partial charge in [-0.25, -0.2) is 10.2 Å². The smallest absolute Gasteiger partial charge is 0.326 e. The van der Waals surface area contributed by atoms with Gasteiger partial charge in [0, 0.05) is 23.5 Å². The van der Waals surface area contributed by atoms with Gasteiger partial charge in [0.15, 0.2) is 5.92 Å². The first-order valence-corrected chi connectivity index (χ1v) is 12.3. The third-order valence-electron chi connectivity index (χ3n) is 7.30. The zero-order chi connectivity index (χ0) is 25.9. The van der Waals surface area contributed by atoms with Crippen molar-refractivity contribution in [3.63, 3.8) is 0 Å². The van der Waals surface area contributed by atoms with Crippen LogP contribution in [0.2, 0.25) is 0 Å². The highest BCUT2D eigenvalue weighted by Crippen LogP contribution is 2.47. The molecule has 1 saturated heterocycles. The van der Waals surface area contributed by atoms with E-state index in [0.717, 1.165) is 37.5 Å². The minimum atomic E-state index is -1.29. The fourth-order valence-electron chi connectivity index (χ4n) is 5.50. The molecule has 2 aromatic rings. The Balaban J connectivity index is 1.16. The van der Waals surface area contributed by atoms with E-state index in [1.54, 1.807) is 12.1 Å². The molecule has 190 valence electrons. The lowest BCUT2D eigenvalue weighted by atomic mass is 9.92. The van der Waals surface area contributed by atoms with Gasteiger partial charge in [0.25, 0.3) is 5.91 Å². The second-order valence-corrected chi connectivity index (χ2v) is 9.73. The Morgan fingerprint density at radius 1 is 1.00 bits per heavy atom. The van der Waals surface area contributed by atoms with Crippen LogP contribution in [-0.4, -0.2) is 46.8 Å². The summed E-state index contributed by atoms with van der Waals surface area (Å²) in [6.45, 7) is 0. The number of rotatable bonds is 7. The predicted molar refractivity (Wildman–Crippen MR) is 134 cm³/mol. The zero-order valence-electron chi connectivity index (χ0n) is 20.1. The van der Waals surface area contributed by atoms with Gasteiger partial charge in [-0.3, -0.25) is 29.4 Å². The number of hydrazone groups is 1. The van der Waals surface area contributed by atoms with E-state index in [9.17, 15) is 24.0 Å². The van der Waals surface area contributed by atoms with Crippen LogP contribution in [0.5, 0.6) is 0 Å². The largest absolute Gasteiger partial charge is 0.331 e. The Morgan fingerprint density at radius 2 is 1.76 bits per heavy atom. The molecule has 2 saturated carbocycles. The number of amides is 6. The molecule has 10 nitrogen and oxygen atoms in total. The molecule has 0 aromatic heterocycles. The maximum absolute atomic E-state index is 13.0. The van der Waals surface area contributed by atoms with Crippen molar-refractivity contribution in [2.45, 2.75) is 38.1 Å². The lowest BCUT2D eigenvalue weighted by Gasteiger charge is -2.36. The molecule has 1 aliphatic heterocycles. The van der Waals surface area contributed by atoms with Crippen LogP contribution in [0.3, 0.4) is 0 Å². The van der Waals surface area contributed by atoms with E-state index in [4.69, 9.17) is 0 Å². The lowest BCUT2D eigenvalue weighted by Crippen LogP contribution is -2.62. The summed E-state index contributed by atoms with van der Waals surface area (Å²) >= 11 is 0. The summed E-state index contributed by atoms with van der Waals surface area (Å²) in [7, 11) is 0. The molecule has 2 aliphatic carbocycles. The first-order valence-electron chi connectivity index (χ1n) is 12.3. The van der Waals surface area contributed by atoms with Gasteiger partial charge >= 0.3 is 6.03 Å². The highest BCUT2D eigenvalue weighted by Gasteiger charge is 2.50. The van der Waals surface area contributed by atoms with Gasteiger partial charge in [-0.1, -0.05) is 36.8 Å². The number of nitrogens with one attached hydrogen (secondary N) is 3. The van der Waals surface area contributed by atoms with Crippen LogP contribution in [0, 0.1) is 17.8 Å². The number of hydrogen-bond acceptors (Lipinski definition) is 6. The van der Waals surface area contributed by atoms with Gasteiger partial charge in [-0.2, -0.15) is 5.10 Å². The number of urea groups is 1. The zero-order valence-corrected chi connectivity index (χ0v) is 20.1. The molecule has 0 unspecified atom stereocenters. The van der Waals surface area contributed by atoms with Gasteiger partial charge in [-0.15, -0.1) is 0 Å².